The van der Waals surface area contributed by atoms with Crippen LogP contribution >= 0.6 is 0 Å². The Morgan fingerprint density at radius 3 is 2.61 bits per heavy atom. The number of hydrogen-bond acceptors (Lipinski definition) is 4. The highest BCUT2D eigenvalue weighted by atomic mass is 32.2. The number of rotatable bonds is 6. The molecule has 0 spiro atoms. The predicted molar refractivity (Wildman–Crippen MR) is 111 cm³/mol. The maximum Gasteiger partial charge on any atom is 0.236 e. The van der Waals surface area contributed by atoms with Crippen LogP contribution in [-0.2, 0) is 20.6 Å². The molecule has 0 bridgehead atoms. The van der Waals surface area contributed by atoms with Crippen LogP contribution in [0.15, 0.2) is 61.2 Å². The van der Waals surface area contributed by atoms with Crippen molar-refractivity contribution in [2.45, 2.75) is 19.6 Å². The van der Waals surface area contributed by atoms with Gasteiger partial charge in [0.2, 0.25) is 15.9 Å². The first-order valence-corrected chi connectivity index (χ1v) is 10.6. The van der Waals surface area contributed by atoms with E-state index in [-0.39, 0.29) is 18.3 Å². The van der Waals surface area contributed by atoms with Gasteiger partial charge in [-0.2, -0.15) is 0 Å². The summed E-state index contributed by atoms with van der Waals surface area (Å²) in [5.41, 5.74) is 0.892. The Kier molecular flexibility index (Phi) is 5.47. The van der Waals surface area contributed by atoms with E-state index in [1.54, 1.807) is 53.4 Å². The molecule has 0 aliphatic carbocycles. The zero-order valence-electron chi connectivity index (χ0n) is 16.0. The van der Waals surface area contributed by atoms with Gasteiger partial charge < -0.3 is 9.64 Å². The summed E-state index contributed by atoms with van der Waals surface area (Å²) in [6.45, 7) is 7.91. The van der Waals surface area contributed by atoms with E-state index in [2.05, 4.69) is 11.3 Å². The summed E-state index contributed by atoms with van der Waals surface area (Å²) in [5.74, 6) is 0.297. The SMILES string of the molecule is C=CCN1C(=O)C(C)(C)COc2ccc(NS(=O)(=O)Cc3ccccc3)cc21. The molecular formula is C21H24N2O4S. The number of fused-ring (bicyclic) bond motifs is 1. The van der Waals surface area contributed by atoms with Crippen molar-refractivity contribution < 1.29 is 17.9 Å². The highest BCUT2D eigenvalue weighted by molar-refractivity contribution is 7.91. The normalized spacial score (nSPS) is 15.9. The van der Waals surface area contributed by atoms with Crippen molar-refractivity contribution in [1.82, 2.24) is 0 Å². The molecule has 2 aromatic carbocycles. The number of nitrogens with one attached hydrogen (secondary N) is 1. The van der Waals surface area contributed by atoms with Gasteiger partial charge in [0.05, 0.1) is 22.5 Å². The molecule has 28 heavy (non-hydrogen) atoms. The van der Waals surface area contributed by atoms with Crippen LogP contribution in [0.5, 0.6) is 5.75 Å². The molecule has 0 unspecified atom stereocenters. The topological polar surface area (TPSA) is 75.7 Å². The van der Waals surface area contributed by atoms with Crippen molar-refractivity contribution in [2.24, 2.45) is 5.41 Å². The second-order valence-corrected chi connectivity index (χ2v) is 9.13. The van der Waals surface area contributed by atoms with Crippen molar-refractivity contribution in [3.8, 4) is 5.75 Å². The lowest BCUT2D eigenvalue weighted by Crippen LogP contribution is -2.42. The molecule has 0 saturated carbocycles. The number of sulfonamides is 1. The first kappa shape index (κ1) is 19.9. The summed E-state index contributed by atoms with van der Waals surface area (Å²) < 4.78 is 33.5. The van der Waals surface area contributed by atoms with Crippen LogP contribution in [0.2, 0.25) is 0 Å². The van der Waals surface area contributed by atoms with E-state index in [9.17, 15) is 13.2 Å². The van der Waals surface area contributed by atoms with Gasteiger partial charge in [-0.05, 0) is 37.6 Å². The average molecular weight is 401 g/mol. The Bertz CT molecular complexity index is 985. The van der Waals surface area contributed by atoms with Gasteiger partial charge in [0, 0.05) is 6.54 Å². The van der Waals surface area contributed by atoms with Crippen LogP contribution in [0, 0.1) is 5.41 Å². The highest BCUT2D eigenvalue weighted by Gasteiger charge is 2.37. The fourth-order valence-electron chi connectivity index (χ4n) is 3.03. The van der Waals surface area contributed by atoms with Gasteiger partial charge in [0.15, 0.2) is 0 Å². The average Bonchev–Trinajstić information content (AvgIpc) is 2.72. The van der Waals surface area contributed by atoms with Gasteiger partial charge in [-0.25, -0.2) is 8.42 Å². The number of ether oxygens (including phenoxy) is 1. The second-order valence-electron chi connectivity index (χ2n) is 7.41. The van der Waals surface area contributed by atoms with Crippen LogP contribution in [0.4, 0.5) is 11.4 Å². The largest absolute Gasteiger partial charge is 0.490 e. The Morgan fingerprint density at radius 1 is 1.21 bits per heavy atom. The fraction of sp³-hybridized carbons (Fsp3) is 0.286. The van der Waals surface area contributed by atoms with Crippen molar-refractivity contribution >= 4 is 27.3 Å². The summed E-state index contributed by atoms with van der Waals surface area (Å²) in [7, 11) is -3.60. The van der Waals surface area contributed by atoms with Gasteiger partial charge >= 0.3 is 0 Å². The molecule has 1 aliphatic heterocycles. The fourth-order valence-corrected chi connectivity index (χ4v) is 4.22. The Hall–Kier alpha value is -2.80. The lowest BCUT2D eigenvalue weighted by atomic mass is 9.93. The lowest BCUT2D eigenvalue weighted by Gasteiger charge is -2.27. The molecule has 1 N–H and O–H groups in total. The maximum absolute atomic E-state index is 12.9. The predicted octanol–water partition coefficient (Wildman–Crippen LogP) is 3.57. The molecular weight excluding hydrogens is 376 g/mol. The van der Waals surface area contributed by atoms with E-state index in [0.717, 1.165) is 0 Å². The molecule has 1 aliphatic rings. The number of carbonyl (C=O) groups is 1. The highest BCUT2D eigenvalue weighted by Crippen LogP contribution is 2.38. The van der Waals surface area contributed by atoms with Crippen molar-refractivity contribution in [2.75, 3.05) is 22.8 Å². The smallest absolute Gasteiger partial charge is 0.236 e. The third-order valence-corrected chi connectivity index (χ3v) is 5.71. The van der Waals surface area contributed by atoms with E-state index >= 15 is 0 Å². The zero-order chi connectivity index (χ0) is 20.4. The minimum Gasteiger partial charge on any atom is -0.490 e. The molecule has 3 rings (SSSR count). The number of benzene rings is 2. The van der Waals surface area contributed by atoms with Gasteiger partial charge in [-0.1, -0.05) is 36.4 Å². The summed E-state index contributed by atoms with van der Waals surface area (Å²) in [4.78, 5) is 14.5. The first-order chi connectivity index (χ1) is 13.2. The number of anilines is 2. The summed E-state index contributed by atoms with van der Waals surface area (Å²) in [6, 6.07) is 13.9. The first-order valence-electron chi connectivity index (χ1n) is 8.96. The minimum absolute atomic E-state index is 0.101. The van der Waals surface area contributed by atoms with Crippen LogP contribution in [0.3, 0.4) is 0 Å². The number of amides is 1. The van der Waals surface area contributed by atoms with Gasteiger partial charge in [-0.3, -0.25) is 9.52 Å². The number of carbonyl (C=O) groups excluding carboxylic acids is 1. The van der Waals surface area contributed by atoms with Crippen molar-refractivity contribution in [3.05, 3.63) is 66.7 Å². The molecule has 0 fully saturated rings. The Balaban J connectivity index is 1.91. The van der Waals surface area contributed by atoms with E-state index in [1.807, 2.05) is 19.9 Å². The van der Waals surface area contributed by atoms with E-state index in [4.69, 9.17) is 4.74 Å². The number of hydrogen-bond donors (Lipinski definition) is 1. The van der Waals surface area contributed by atoms with Crippen LogP contribution in [-0.4, -0.2) is 27.5 Å². The summed E-state index contributed by atoms with van der Waals surface area (Å²) in [5, 5.41) is 0. The van der Waals surface area contributed by atoms with E-state index in [1.165, 1.54) is 0 Å². The Morgan fingerprint density at radius 2 is 1.93 bits per heavy atom. The molecule has 1 amide bonds. The third-order valence-electron chi connectivity index (χ3n) is 4.45. The standard InChI is InChI=1S/C21H24N2O4S/c1-4-12-23-18-13-17(10-11-19(18)27-15-21(2,3)20(23)24)22-28(25,26)14-16-8-6-5-7-9-16/h4-11,13,22H,1,12,14-15H2,2-3H3. The molecule has 0 aromatic heterocycles. The minimum atomic E-state index is -3.60. The second kappa shape index (κ2) is 7.67. The van der Waals surface area contributed by atoms with Crippen LogP contribution < -0.4 is 14.4 Å². The summed E-state index contributed by atoms with van der Waals surface area (Å²) >= 11 is 0. The zero-order valence-corrected chi connectivity index (χ0v) is 16.8. The van der Waals surface area contributed by atoms with E-state index < -0.39 is 15.4 Å². The van der Waals surface area contributed by atoms with Crippen LogP contribution in [0.25, 0.3) is 0 Å². The monoisotopic (exact) mass is 400 g/mol. The molecule has 0 atom stereocenters. The van der Waals surface area contributed by atoms with Gasteiger partial charge in [-0.15, -0.1) is 6.58 Å². The Labute approximate surface area is 165 Å². The molecule has 0 saturated heterocycles. The van der Waals surface area contributed by atoms with Gasteiger partial charge in [0.25, 0.3) is 0 Å². The van der Waals surface area contributed by atoms with Crippen molar-refractivity contribution in [1.29, 1.82) is 0 Å². The van der Waals surface area contributed by atoms with E-state index in [0.29, 0.717) is 29.2 Å². The van der Waals surface area contributed by atoms with Crippen molar-refractivity contribution in [3.63, 3.8) is 0 Å². The maximum atomic E-state index is 12.9. The molecule has 148 valence electrons. The molecule has 0 radical (unpaired) electrons. The molecule has 7 heteroatoms. The quantitative estimate of drug-likeness (QED) is 0.752. The third kappa shape index (κ3) is 4.36. The molecule has 2 aromatic rings. The molecule has 1 heterocycles. The molecule has 6 nitrogen and oxygen atoms in total. The van der Waals surface area contributed by atoms with Gasteiger partial charge in [0.1, 0.15) is 12.4 Å². The lowest BCUT2D eigenvalue weighted by molar-refractivity contribution is -0.127. The number of nitrogens with zero attached hydrogens (tertiary/aromatic N) is 1. The summed E-state index contributed by atoms with van der Waals surface area (Å²) in [6.07, 6.45) is 1.63. The van der Waals surface area contributed by atoms with Crippen LogP contribution in [0.1, 0.15) is 19.4 Å².